The highest BCUT2D eigenvalue weighted by Gasteiger charge is 2.16. The van der Waals surface area contributed by atoms with Crippen LogP contribution in [0.4, 0.5) is 4.39 Å². The molecule has 0 saturated carbocycles. The smallest absolute Gasteiger partial charge is 0.257 e. The molecule has 0 bridgehead atoms. The van der Waals surface area contributed by atoms with E-state index in [1.165, 1.54) is 50.8 Å². The lowest BCUT2D eigenvalue weighted by Gasteiger charge is -2.14. The van der Waals surface area contributed by atoms with Crippen molar-refractivity contribution in [2.45, 2.75) is 71.8 Å². The van der Waals surface area contributed by atoms with E-state index in [4.69, 9.17) is 9.47 Å². The molecule has 0 aliphatic rings. The molecule has 194 valence electrons. The second-order valence-corrected chi connectivity index (χ2v) is 8.91. The lowest BCUT2D eigenvalue weighted by Crippen LogP contribution is -2.28. The van der Waals surface area contributed by atoms with Gasteiger partial charge in [0.05, 0.1) is 24.1 Å². The van der Waals surface area contributed by atoms with Crippen LogP contribution in [-0.2, 0) is 6.54 Å². The Labute approximate surface area is 212 Å². The second kappa shape index (κ2) is 14.3. The highest BCUT2D eigenvalue weighted by atomic mass is 19.1. The van der Waals surface area contributed by atoms with Crippen LogP contribution in [0.25, 0.3) is 10.9 Å². The third-order valence-electron chi connectivity index (χ3n) is 6.14. The van der Waals surface area contributed by atoms with Crippen molar-refractivity contribution in [2.24, 2.45) is 0 Å². The van der Waals surface area contributed by atoms with Crippen molar-refractivity contribution in [2.75, 3.05) is 13.2 Å². The summed E-state index contributed by atoms with van der Waals surface area (Å²) in [7, 11) is 0. The van der Waals surface area contributed by atoms with E-state index in [2.05, 4.69) is 17.2 Å². The van der Waals surface area contributed by atoms with Crippen molar-refractivity contribution in [3.05, 3.63) is 69.8 Å². The first-order valence-corrected chi connectivity index (χ1v) is 13.0. The molecule has 0 spiro atoms. The predicted octanol–water partition coefficient (Wildman–Crippen LogP) is 6.52. The standard InChI is InChI=1S/C29H37FN2O4/c1-3-5-6-7-8-9-10-13-16-36-26-17-22-25(18-27(26)35-4-2)31-20-23(28(22)33)29(34)32-19-21-14-11-12-15-24(21)30/h11-12,14-15,17-18,20H,3-10,13,16,19H2,1-2H3,(H,31,33)(H,32,34). The van der Waals surface area contributed by atoms with E-state index in [-0.39, 0.29) is 12.1 Å². The van der Waals surface area contributed by atoms with Gasteiger partial charge in [-0.2, -0.15) is 0 Å². The quantitative estimate of drug-likeness (QED) is 0.235. The fourth-order valence-corrected chi connectivity index (χ4v) is 4.11. The Morgan fingerprint density at radius 1 is 0.944 bits per heavy atom. The molecule has 0 fully saturated rings. The number of benzene rings is 2. The third-order valence-corrected chi connectivity index (χ3v) is 6.14. The summed E-state index contributed by atoms with van der Waals surface area (Å²) in [5.41, 5.74) is 0.432. The normalized spacial score (nSPS) is 11.0. The summed E-state index contributed by atoms with van der Waals surface area (Å²) in [4.78, 5) is 28.8. The van der Waals surface area contributed by atoms with Crippen molar-refractivity contribution < 1.29 is 18.7 Å². The van der Waals surface area contributed by atoms with Crippen LogP contribution in [0.3, 0.4) is 0 Å². The average Bonchev–Trinajstić information content (AvgIpc) is 2.88. The summed E-state index contributed by atoms with van der Waals surface area (Å²) in [6.07, 6.45) is 11.0. The number of hydrogen-bond donors (Lipinski definition) is 2. The van der Waals surface area contributed by atoms with Gasteiger partial charge in [-0.05, 0) is 25.5 Å². The number of amides is 1. The molecule has 3 rings (SSSR count). The first kappa shape index (κ1) is 27.2. The largest absolute Gasteiger partial charge is 0.490 e. The molecule has 1 heterocycles. The van der Waals surface area contributed by atoms with E-state index in [1.807, 2.05) is 6.92 Å². The molecule has 0 aliphatic carbocycles. The van der Waals surface area contributed by atoms with E-state index in [1.54, 1.807) is 30.3 Å². The van der Waals surface area contributed by atoms with Crippen molar-refractivity contribution in [1.29, 1.82) is 0 Å². The Balaban J connectivity index is 1.67. The molecule has 1 aromatic heterocycles. The van der Waals surface area contributed by atoms with Gasteiger partial charge >= 0.3 is 0 Å². The molecule has 36 heavy (non-hydrogen) atoms. The van der Waals surface area contributed by atoms with Gasteiger partial charge in [0.1, 0.15) is 11.4 Å². The summed E-state index contributed by atoms with van der Waals surface area (Å²) in [5.74, 6) is 0.0577. The molecule has 0 atom stereocenters. The molecule has 7 heteroatoms. The van der Waals surface area contributed by atoms with E-state index in [0.717, 1.165) is 12.8 Å². The molecule has 2 N–H and O–H groups in total. The van der Waals surface area contributed by atoms with E-state index in [0.29, 0.717) is 41.2 Å². The molecule has 2 aromatic carbocycles. The van der Waals surface area contributed by atoms with Gasteiger partial charge in [-0.25, -0.2) is 4.39 Å². The van der Waals surface area contributed by atoms with Crippen LogP contribution in [0.15, 0.2) is 47.4 Å². The van der Waals surface area contributed by atoms with E-state index in [9.17, 15) is 14.0 Å². The molecule has 0 aliphatic heterocycles. The van der Waals surface area contributed by atoms with Crippen LogP contribution >= 0.6 is 0 Å². The lowest BCUT2D eigenvalue weighted by molar-refractivity contribution is 0.0949. The van der Waals surface area contributed by atoms with Crippen LogP contribution in [0.1, 0.15) is 81.1 Å². The fraction of sp³-hybridized carbons (Fsp3) is 0.448. The predicted molar refractivity (Wildman–Crippen MR) is 141 cm³/mol. The summed E-state index contributed by atoms with van der Waals surface area (Å²) in [6.45, 7) is 5.08. The second-order valence-electron chi connectivity index (χ2n) is 8.91. The average molecular weight is 497 g/mol. The van der Waals surface area contributed by atoms with Gasteiger partial charge in [-0.1, -0.05) is 70.1 Å². The first-order valence-electron chi connectivity index (χ1n) is 13.0. The number of aromatic amines is 1. The van der Waals surface area contributed by atoms with Gasteiger partial charge in [-0.15, -0.1) is 0 Å². The first-order chi connectivity index (χ1) is 17.5. The number of hydrogen-bond acceptors (Lipinski definition) is 4. The van der Waals surface area contributed by atoms with Crippen molar-refractivity contribution in [1.82, 2.24) is 10.3 Å². The number of halogens is 1. The zero-order valence-electron chi connectivity index (χ0n) is 21.3. The van der Waals surface area contributed by atoms with Crippen molar-refractivity contribution in [3.8, 4) is 11.5 Å². The van der Waals surface area contributed by atoms with Crippen LogP contribution in [0, 0.1) is 5.82 Å². The molecule has 6 nitrogen and oxygen atoms in total. The summed E-state index contributed by atoms with van der Waals surface area (Å²) in [6, 6.07) is 9.56. The highest BCUT2D eigenvalue weighted by Crippen LogP contribution is 2.31. The Morgan fingerprint density at radius 2 is 1.64 bits per heavy atom. The Bertz CT molecular complexity index is 1190. The fourth-order valence-electron chi connectivity index (χ4n) is 4.11. The number of ether oxygens (including phenoxy) is 2. The monoisotopic (exact) mass is 496 g/mol. The number of pyridine rings is 1. The van der Waals surface area contributed by atoms with Gasteiger partial charge < -0.3 is 19.8 Å². The number of H-pyrrole nitrogens is 1. The van der Waals surface area contributed by atoms with Crippen LogP contribution in [0.5, 0.6) is 11.5 Å². The minimum absolute atomic E-state index is 0.0147. The minimum atomic E-state index is -0.573. The Hall–Kier alpha value is -3.35. The number of rotatable bonds is 15. The molecule has 1 amide bonds. The zero-order chi connectivity index (χ0) is 25.8. The van der Waals surface area contributed by atoms with Crippen LogP contribution in [0.2, 0.25) is 0 Å². The van der Waals surface area contributed by atoms with Gasteiger partial charge in [0.2, 0.25) is 5.43 Å². The molecular formula is C29H37FN2O4. The van der Waals surface area contributed by atoms with Gasteiger partial charge in [0, 0.05) is 24.4 Å². The maximum atomic E-state index is 13.9. The maximum absolute atomic E-state index is 13.9. The Kier molecular flexibility index (Phi) is 10.8. The van der Waals surface area contributed by atoms with E-state index < -0.39 is 17.2 Å². The zero-order valence-corrected chi connectivity index (χ0v) is 21.3. The van der Waals surface area contributed by atoms with Crippen LogP contribution < -0.4 is 20.2 Å². The summed E-state index contributed by atoms with van der Waals surface area (Å²) >= 11 is 0. The number of unbranched alkanes of at least 4 members (excludes halogenated alkanes) is 7. The number of fused-ring (bicyclic) bond motifs is 1. The summed E-state index contributed by atoms with van der Waals surface area (Å²) in [5, 5.41) is 2.96. The van der Waals surface area contributed by atoms with Crippen LogP contribution in [-0.4, -0.2) is 24.1 Å². The van der Waals surface area contributed by atoms with E-state index >= 15 is 0 Å². The Morgan fingerprint density at radius 3 is 2.36 bits per heavy atom. The minimum Gasteiger partial charge on any atom is -0.490 e. The highest BCUT2D eigenvalue weighted by molar-refractivity contribution is 5.97. The SMILES string of the molecule is CCCCCCCCCCOc1cc2c(=O)c(C(=O)NCc3ccccc3F)c[nH]c2cc1OCC. The topological polar surface area (TPSA) is 80.4 Å². The molecular weight excluding hydrogens is 459 g/mol. The molecule has 0 saturated heterocycles. The number of nitrogens with one attached hydrogen (secondary N) is 2. The van der Waals surface area contributed by atoms with Gasteiger partial charge in [-0.3, -0.25) is 9.59 Å². The number of carbonyl (C=O) groups is 1. The van der Waals surface area contributed by atoms with Crippen molar-refractivity contribution in [3.63, 3.8) is 0 Å². The lowest BCUT2D eigenvalue weighted by atomic mass is 10.1. The summed E-state index contributed by atoms with van der Waals surface area (Å²) < 4.78 is 25.6. The molecule has 3 aromatic rings. The van der Waals surface area contributed by atoms with Gasteiger partial charge in [0.15, 0.2) is 11.5 Å². The number of aromatic nitrogens is 1. The maximum Gasteiger partial charge on any atom is 0.257 e. The third kappa shape index (κ3) is 7.57. The molecule has 0 unspecified atom stereocenters. The van der Waals surface area contributed by atoms with Crippen molar-refractivity contribution >= 4 is 16.8 Å². The van der Waals surface area contributed by atoms with Gasteiger partial charge in [0.25, 0.3) is 5.91 Å². The number of carbonyl (C=O) groups excluding carboxylic acids is 1. The molecule has 0 radical (unpaired) electrons.